The van der Waals surface area contributed by atoms with E-state index >= 15 is 0 Å². The van der Waals surface area contributed by atoms with E-state index in [1.807, 2.05) is 0 Å². The highest BCUT2D eigenvalue weighted by Gasteiger charge is 2.13. The van der Waals surface area contributed by atoms with E-state index in [2.05, 4.69) is 48.2 Å². The molecular weight excluding hydrogens is 473 g/mol. The third-order valence-corrected chi connectivity index (χ3v) is 6.08. The summed E-state index contributed by atoms with van der Waals surface area (Å²) in [5.41, 5.74) is 0. The third kappa shape index (κ3) is 8.67. The molecule has 1 heterocycles. The first-order chi connectivity index (χ1) is 11.1. The molecule has 1 aromatic rings. The molecule has 0 saturated heterocycles. The predicted octanol–water partition coefficient (Wildman–Crippen LogP) is 1.80. The van der Waals surface area contributed by atoms with Crippen LogP contribution in [0.3, 0.4) is 0 Å². The fraction of sp³-hybridized carbons (Fsp3) is 0.667. The standard InChI is InChI=1S/C15H29N5O2S2.HI/c1-11(2)20(12(3)4)9-8-18-15(17-5)19-10-13-6-7-14(23-13)24(16,21)22;/h6-7,11-12H,8-10H2,1-5H3,(H2,16,21,22)(H2,17,18,19);1H. The highest BCUT2D eigenvalue weighted by Crippen LogP contribution is 2.19. The largest absolute Gasteiger partial charge is 0.355 e. The van der Waals surface area contributed by atoms with Crippen LogP contribution in [0.1, 0.15) is 32.6 Å². The molecule has 1 aromatic heterocycles. The predicted molar refractivity (Wildman–Crippen MR) is 116 cm³/mol. The van der Waals surface area contributed by atoms with Gasteiger partial charge in [-0.25, -0.2) is 13.6 Å². The molecule has 0 aliphatic rings. The Balaban J connectivity index is 0.00000576. The van der Waals surface area contributed by atoms with Gasteiger partial charge in [-0.3, -0.25) is 9.89 Å². The van der Waals surface area contributed by atoms with Crippen molar-refractivity contribution in [3.8, 4) is 0 Å². The Bertz CT molecular complexity index is 636. The second kappa shape index (κ2) is 11.3. The van der Waals surface area contributed by atoms with Crippen molar-refractivity contribution in [1.29, 1.82) is 0 Å². The van der Waals surface area contributed by atoms with E-state index in [0.29, 0.717) is 24.6 Å². The molecule has 1 rings (SSSR count). The molecular formula is C15H30IN5O2S2. The number of nitrogens with one attached hydrogen (secondary N) is 2. The lowest BCUT2D eigenvalue weighted by Gasteiger charge is -2.30. The van der Waals surface area contributed by atoms with Crippen LogP contribution in [0.25, 0.3) is 0 Å². The van der Waals surface area contributed by atoms with Crippen molar-refractivity contribution in [2.75, 3.05) is 20.1 Å². The molecule has 0 amide bonds. The topological polar surface area (TPSA) is 99.8 Å². The van der Waals surface area contributed by atoms with Gasteiger partial charge in [0.25, 0.3) is 0 Å². The molecule has 0 atom stereocenters. The molecule has 0 fully saturated rings. The number of primary sulfonamides is 1. The summed E-state index contributed by atoms with van der Waals surface area (Å²) in [4.78, 5) is 7.47. The number of guanidine groups is 1. The van der Waals surface area contributed by atoms with Crippen molar-refractivity contribution < 1.29 is 8.42 Å². The normalized spacial score (nSPS) is 12.6. The lowest BCUT2D eigenvalue weighted by atomic mass is 10.2. The monoisotopic (exact) mass is 503 g/mol. The Hall–Kier alpha value is -0.430. The molecule has 0 bridgehead atoms. The van der Waals surface area contributed by atoms with Gasteiger partial charge in [-0.2, -0.15) is 0 Å². The molecule has 10 heteroatoms. The van der Waals surface area contributed by atoms with Crippen LogP contribution in [0.15, 0.2) is 21.3 Å². The zero-order valence-electron chi connectivity index (χ0n) is 15.4. The van der Waals surface area contributed by atoms with Crippen LogP contribution in [0.2, 0.25) is 0 Å². The summed E-state index contributed by atoms with van der Waals surface area (Å²) in [6, 6.07) is 4.26. The number of sulfonamides is 1. The maximum atomic E-state index is 11.3. The highest BCUT2D eigenvalue weighted by molar-refractivity contribution is 14.0. The summed E-state index contributed by atoms with van der Waals surface area (Å²) in [7, 11) is -1.92. The molecule has 0 aromatic carbocycles. The molecule has 0 saturated carbocycles. The minimum absolute atomic E-state index is 0. The maximum absolute atomic E-state index is 11.3. The van der Waals surface area contributed by atoms with Crippen LogP contribution < -0.4 is 15.8 Å². The average molecular weight is 503 g/mol. The SMILES string of the molecule is CN=C(NCCN(C(C)C)C(C)C)NCc1ccc(S(N)(=O)=O)s1.I. The van der Waals surface area contributed by atoms with E-state index in [1.165, 1.54) is 6.07 Å². The van der Waals surface area contributed by atoms with Crippen LogP contribution in [-0.2, 0) is 16.6 Å². The molecule has 25 heavy (non-hydrogen) atoms. The molecule has 0 aliphatic carbocycles. The van der Waals surface area contributed by atoms with Gasteiger partial charge >= 0.3 is 0 Å². The van der Waals surface area contributed by atoms with E-state index in [4.69, 9.17) is 5.14 Å². The lowest BCUT2D eigenvalue weighted by Crippen LogP contribution is -2.45. The number of hydrogen-bond acceptors (Lipinski definition) is 5. The Morgan fingerprint density at radius 1 is 1.24 bits per heavy atom. The van der Waals surface area contributed by atoms with Crippen molar-refractivity contribution >= 4 is 51.3 Å². The Labute approximate surface area is 172 Å². The van der Waals surface area contributed by atoms with Crippen LogP contribution in [0.4, 0.5) is 0 Å². The molecule has 7 nitrogen and oxygen atoms in total. The fourth-order valence-electron chi connectivity index (χ4n) is 2.41. The van der Waals surface area contributed by atoms with Gasteiger partial charge in [0.2, 0.25) is 10.0 Å². The molecule has 0 aliphatic heterocycles. The smallest absolute Gasteiger partial charge is 0.247 e. The van der Waals surface area contributed by atoms with E-state index in [-0.39, 0.29) is 28.2 Å². The average Bonchev–Trinajstić information content (AvgIpc) is 2.94. The van der Waals surface area contributed by atoms with E-state index in [0.717, 1.165) is 29.3 Å². The van der Waals surface area contributed by atoms with Crippen molar-refractivity contribution in [2.45, 2.75) is 50.5 Å². The van der Waals surface area contributed by atoms with Gasteiger partial charge in [0.05, 0.1) is 6.54 Å². The Morgan fingerprint density at radius 3 is 2.28 bits per heavy atom. The zero-order valence-corrected chi connectivity index (χ0v) is 19.4. The van der Waals surface area contributed by atoms with Crippen LogP contribution in [0, 0.1) is 0 Å². The van der Waals surface area contributed by atoms with Gasteiger partial charge in [0.15, 0.2) is 5.96 Å². The number of rotatable bonds is 8. The van der Waals surface area contributed by atoms with Crippen molar-refractivity contribution in [1.82, 2.24) is 15.5 Å². The van der Waals surface area contributed by atoms with Crippen LogP contribution in [-0.4, -0.2) is 51.5 Å². The number of halogens is 1. The second-order valence-corrected chi connectivity index (χ2v) is 9.00. The third-order valence-electron chi connectivity index (χ3n) is 3.56. The summed E-state index contributed by atoms with van der Waals surface area (Å²) >= 11 is 1.16. The minimum Gasteiger partial charge on any atom is -0.355 e. The van der Waals surface area contributed by atoms with Gasteiger partial charge in [0.1, 0.15) is 4.21 Å². The summed E-state index contributed by atoms with van der Waals surface area (Å²) in [5, 5.41) is 11.6. The second-order valence-electron chi connectivity index (χ2n) is 6.04. The zero-order chi connectivity index (χ0) is 18.3. The lowest BCUT2D eigenvalue weighted by molar-refractivity contribution is 0.178. The molecule has 0 spiro atoms. The number of hydrogen-bond donors (Lipinski definition) is 3. The molecule has 4 N–H and O–H groups in total. The van der Waals surface area contributed by atoms with E-state index in [1.54, 1.807) is 13.1 Å². The minimum atomic E-state index is -3.63. The van der Waals surface area contributed by atoms with Crippen molar-refractivity contribution in [2.24, 2.45) is 10.1 Å². The first-order valence-corrected chi connectivity index (χ1v) is 10.3. The maximum Gasteiger partial charge on any atom is 0.247 e. The molecule has 0 unspecified atom stereocenters. The summed E-state index contributed by atoms with van der Waals surface area (Å²) in [6.07, 6.45) is 0. The fourth-order valence-corrected chi connectivity index (χ4v) is 4.13. The molecule has 0 radical (unpaired) electrons. The number of nitrogens with zero attached hydrogens (tertiary/aromatic N) is 2. The summed E-state index contributed by atoms with van der Waals surface area (Å²) in [5.74, 6) is 0.688. The number of thiophene rings is 1. The molecule has 146 valence electrons. The first-order valence-electron chi connectivity index (χ1n) is 7.97. The van der Waals surface area contributed by atoms with Crippen molar-refractivity contribution in [3.63, 3.8) is 0 Å². The van der Waals surface area contributed by atoms with Gasteiger partial charge in [-0.1, -0.05) is 0 Å². The van der Waals surface area contributed by atoms with Crippen molar-refractivity contribution in [3.05, 3.63) is 17.0 Å². The van der Waals surface area contributed by atoms with Gasteiger partial charge in [-0.15, -0.1) is 35.3 Å². The summed E-state index contributed by atoms with van der Waals surface area (Å²) in [6.45, 7) is 10.9. The van der Waals surface area contributed by atoms with Gasteiger partial charge in [0, 0.05) is 37.1 Å². The van der Waals surface area contributed by atoms with Gasteiger partial charge < -0.3 is 10.6 Å². The highest BCUT2D eigenvalue weighted by atomic mass is 127. The van der Waals surface area contributed by atoms with E-state index in [9.17, 15) is 8.42 Å². The number of aliphatic imine (C=N–C) groups is 1. The Kier molecular flexibility index (Phi) is 11.1. The van der Waals surface area contributed by atoms with Crippen LogP contribution in [0.5, 0.6) is 0 Å². The quantitative estimate of drug-likeness (QED) is 0.286. The first kappa shape index (κ1) is 24.6. The van der Waals surface area contributed by atoms with Gasteiger partial charge in [-0.05, 0) is 39.8 Å². The van der Waals surface area contributed by atoms with E-state index < -0.39 is 10.0 Å². The number of nitrogens with two attached hydrogens (primary N) is 1. The van der Waals surface area contributed by atoms with Crippen LogP contribution >= 0.6 is 35.3 Å². The summed E-state index contributed by atoms with van der Waals surface area (Å²) < 4.78 is 22.7. The Morgan fingerprint density at radius 2 is 1.84 bits per heavy atom.